The first-order valence-corrected chi connectivity index (χ1v) is 7.26. The zero-order chi connectivity index (χ0) is 14.5. The molecule has 2 heteroatoms. The van der Waals surface area contributed by atoms with E-state index in [2.05, 4.69) is 76.3 Å². The summed E-state index contributed by atoms with van der Waals surface area (Å²) in [6, 6.07) is 9.55. The minimum Gasteiger partial charge on any atom is -0.310 e. The van der Waals surface area contributed by atoms with Crippen molar-refractivity contribution in [1.29, 1.82) is 0 Å². The summed E-state index contributed by atoms with van der Waals surface area (Å²) in [6.45, 7) is 11.1. The lowest BCUT2D eigenvalue weighted by Crippen LogP contribution is -2.29. The van der Waals surface area contributed by atoms with E-state index in [1.165, 1.54) is 17.5 Å². The van der Waals surface area contributed by atoms with Gasteiger partial charge >= 0.3 is 0 Å². The van der Waals surface area contributed by atoms with Crippen LogP contribution in [0.25, 0.3) is 0 Å². The molecule has 0 radical (unpaired) electrons. The van der Waals surface area contributed by atoms with Gasteiger partial charge in [-0.2, -0.15) is 0 Å². The molecule has 0 aliphatic heterocycles. The third kappa shape index (κ3) is 6.22. The zero-order valence-electron chi connectivity index (χ0n) is 13.5. The molecule has 108 valence electrons. The predicted molar refractivity (Wildman–Crippen MR) is 84.6 cm³/mol. The Morgan fingerprint density at radius 1 is 1.11 bits per heavy atom. The highest BCUT2D eigenvalue weighted by Crippen LogP contribution is 2.22. The average Bonchev–Trinajstić information content (AvgIpc) is 2.33. The fourth-order valence-electron chi connectivity index (χ4n) is 1.97. The fraction of sp³-hybridized carbons (Fsp3) is 0.647. The van der Waals surface area contributed by atoms with Crippen LogP contribution in [0.4, 0.5) is 0 Å². The molecule has 0 aromatic heterocycles. The first-order valence-electron chi connectivity index (χ1n) is 7.26. The summed E-state index contributed by atoms with van der Waals surface area (Å²) in [5.74, 6) is 0. The number of nitrogens with zero attached hydrogens (tertiary/aromatic N) is 1. The van der Waals surface area contributed by atoms with Gasteiger partial charge in [-0.15, -0.1) is 0 Å². The van der Waals surface area contributed by atoms with Crippen LogP contribution in [0, 0.1) is 0 Å². The standard InChI is InChI=1S/C17H30N2/c1-14(11-12-19(5)6)18-13-15-7-9-16(10-8-15)17(2,3)4/h7-10,14,18H,11-13H2,1-6H3. The Hall–Kier alpha value is -0.860. The average molecular weight is 262 g/mol. The van der Waals surface area contributed by atoms with Crippen LogP contribution < -0.4 is 5.32 Å². The van der Waals surface area contributed by atoms with Crippen LogP contribution in [0.2, 0.25) is 0 Å². The van der Waals surface area contributed by atoms with E-state index in [-0.39, 0.29) is 5.41 Å². The largest absolute Gasteiger partial charge is 0.310 e. The van der Waals surface area contributed by atoms with Crippen molar-refractivity contribution in [3.63, 3.8) is 0 Å². The van der Waals surface area contributed by atoms with Gasteiger partial charge in [0.25, 0.3) is 0 Å². The van der Waals surface area contributed by atoms with Gasteiger partial charge in [0.15, 0.2) is 0 Å². The van der Waals surface area contributed by atoms with Gasteiger partial charge in [-0.1, -0.05) is 45.0 Å². The van der Waals surface area contributed by atoms with Crippen LogP contribution in [0.3, 0.4) is 0 Å². The molecule has 0 bridgehead atoms. The number of hydrogen-bond acceptors (Lipinski definition) is 2. The van der Waals surface area contributed by atoms with E-state index >= 15 is 0 Å². The van der Waals surface area contributed by atoms with Gasteiger partial charge in [-0.3, -0.25) is 0 Å². The maximum atomic E-state index is 3.59. The topological polar surface area (TPSA) is 15.3 Å². The van der Waals surface area contributed by atoms with Crippen LogP contribution in [-0.4, -0.2) is 31.6 Å². The molecule has 2 nitrogen and oxygen atoms in total. The summed E-state index contributed by atoms with van der Waals surface area (Å²) in [7, 11) is 4.25. The molecule has 0 spiro atoms. The number of rotatable bonds is 6. The van der Waals surface area contributed by atoms with Crippen molar-refractivity contribution in [2.75, 3.05) is 20.6 Å². The van der Waals surface area contributed by atoms with Crippen molar-refractivity contribution >= 4 is 0 Å². The van der Waals surface area contributed by atoms with Crippen LogP contribution in [0.15, 0.2) is 24.3 Å². The molecular formula is C17H30N2. The molecule has 0 fully saturated rings. The molecule has 1 aromatic rings. The van der Waals surface area contributed by atoms with E-state index in [1.54, 1.807) is 0 Å². The number of hydrogen-bond donors (Lipinski definition) is 1. The summed E-state index contributed by atoms with van der Waals surface area (Å²) in [5.41, 5.74) is 3.01. The van der Waals surface area contributed by atoms with Gasteiger partial charge < -0.3 is 10.2 Å². The predicted octanol–water partition coefficient (Wildman–Crippen LogP) is 3.41. The SMILES string of the molecule is CC(CCN(C)C)NCc1ccc(C(C)(C)C)cc1. The van der Waals surface area contributed by atoms with E-state index in [9.17, 15) is 0 Å². The van der Waals surface area contributed by atoms with Crippen LogP contribution in [0.5, 0.6) is 0 Å². The molecule has 0 saturated carbocycles. The van der Waals surface area contributed by atoms with Gasteiger partial charge in [-0.25, -0.2) is 0 Å². The second-order valence-corrected chi connectivity index (χ2v) is 6.82. The van der Waals surface area contributed by atoms with Crippen molar-refractivity contribution < 1.29 is 0 Å². The highest BCUT2D eigenvalue weighted by atomic mass is 15.1. The summed E-state index contributed by atoms with van der Waals surface area (Å²) < 4.78 is 0. The molecule has 19 heavy (non-hydrogen) atoms. The van der Waals surface area contributed by atoms with E-state index < -0.39 is 0 Å². The molecule has 0 aliphatic carbocycles. The molecule has 1 unspecified atom stereocenters. The summed E-state index contributed by atoms with van der Waals surface area (Å²) in [4.78, 5) is 2.23. The summed E-state index contributed by atoms with van der Waals surface area (Å²) >= 11 is 0. The first-order chi connectivity index (χ1) is 8.79. The van der Waals surface area contributed by atoms with Crippen molar-refractivity contribution in [3.8, 4) is 0 Å². The van der Waals surface area contributed by atoms with E-state index in [0.717, 1.165) is 13.1 Å². The van der Waals surface area contributed by atoms with Gasteiger partial charge in [0, 0.05) is 12.6 Å². The van der Waals surface area contributed by atoms with Crippen LogP contribution in [0.1, 0.15) is 45.2 Å². The molecule has 1 rings (SSSR count). The van der Waals surface area contributed by atoms with Crippen LogP contribution in [-0.2, 0) is 12.0 Å². The smallest absolute Gasteiger partial charge is 0.0207 e. The fourth-order valence-corrected chi connectivity index (χ4v) is 1.97. The molecule has 0 aliphatic rings. The second kappa shape index (κ2) is 7.06. The molecule has 1 N–H and O–H groups in total. The van der Waals surface area contributed by atoms with Crippen LogP contribution >= 0.6 is 0 Å². The van der Waals surface area contributed by atoms with E-state index in [1.807, 2.05) is 0 Å². The molecule has 1 atom stereocenters. The summed E-state index contributed by atoms with van der Waals surface area (Å²) in [5, 5.41) is 3.59. The third-order valence-corrected chi connectivity index (χ3v) is 3.48. The maximum absolute atomic E-state index is 3.59. The second-order valence-electron chi connectivity index (χ2n) is 6.82. The Morgan fingerprint density at radius 2 is 1.68 bits per heavy atom. The number of nitrogens with one attached hydrogen (secondary N) is 1. The van der Waals surface area contributed by atoms with Gasteiger partial charge in [0.05, 0.1) is 0 Å². The lowest BCUT2D eigenvalue weighted by atomic mass is 9.87. The number of benzene rings is 1. The van der Waals surface area contributed by atoms with Crippen molar-refractivity contribution in [3.05, 3.63) is 35.4 Å². The highest BCUT2D eigenvalue weighted by Gasteiger charge is 2.12. The monoisotopic (exact) mass is 262 g/mol. The van der Waals surface area contributed by atoms with Crippen molar-refractivity contribution in [2.24, 2.45) is 0 Å². The van der Waals surface area contributed by atoms with Gasteiger partial charge in [-0.05, 0) is 50.5 Å². The Kier molecular flexibility index (Phi) is 6.02. The van der Waals surface area contributed by atoms with Crippen molar-refractivity contribution in [2.45, 2.75) is 52.1 Å². The van der Waals surface area contributed by atoms with E-state index in [0.29, 0.717) is 6.04 Å². The lowest BCUT2D eigenvalue weighted by molar-refractivity contribution is 0.365. The molecule has 0 saturated heterocycles. The third-order valence-electron chi connectivity index (χ3n) is 3.48. The van der Waals surface area contributed by atoms with Gasteiger partial charge in [0.2, 0.25) is 0 Å². The molecule has 0 amide bonds. The first kappa shape index (κ1) is 16.2. The van der Waals surface area contributed by atoms with Crippen molar-refractivity contribution in [1.82, 2.24) is 10.2 Å². The Morgan fingerprint density at radius 3 is 2.16 bits per heavy atom. The lowest BCUT2D eigenvalue weighted by Gasteiger charge is -2.20. The Balaban J connectivity index is 2.42. The summed E-state index contributed by atoms with van der Waals surface area (Å²) in [6.07, 6.45) is 1.19. The normalized spacial score (nSPS) is 13.8. The quantitative estimate of drug-likeness (QED) is 0.845. The maximum Gasteiger partial charge on any atom is 0.0207 e. The molecular weight excluding hydrogens is 232 g/mol. The Bertz CT molecular complexity index is 360. The molecule has 1 aromatic carbocycles. The minimum absolute atomic E-state index is 0.241. The van der Waals surface area contributed by atoms with E-state index in [4.69, 9.17) is 0 Å². The Labute approximate surface area is 119 Å². The molecule has 0 heterocycles. The zero-order valence-corrected chi connectivity index (χ0v) is 13.5. The highest BCUT2D eigenvalue weighted by molar-refractivity contribution is 5.27. The minimum atomic E-state index is 0.241. The van der Waals surface area contributed by atoms with Gasteiger partial charge in [0.1, 0.15) is 0 Å².